The highest BCUT2D eigenvalue weighted by molar-refractivity contribution is 6.46. The fraction of sp³-hybridized carbons (Fsp3) is 0.280. The van der Waals surface area contributed by atoms with E-state index in [1.54, 1.807) is 30.3 Å². The highest BCUT2D eigenvalue weighted by Gasteiger charge is 2.45. The molecule has 1 fully saturated rings. The minimum atomic E-state index is -0.748. The molecule has 2 aromatic carbocycles. The van der Waals surface area contributed by atoms with Crippen LogP contribution in [0.25, 0.3) is 5.76 Å². The quantitative estimate of drug-likeness (QED) is 0.195. The van der Waals surface area contributed by atoms with Crippen molar-refractivity contribution in [3.8, 4) is 5.75 Å². The van der Waals surface area contributed by atoms with Gasteiger partial charge in [-0.3, -0.25) is 9.59 Å². The lowest BCUT2D eigenvalue weighted by molar-refractivity contribution is -0.140. The standard InChI is InChI=1S/C25H27NO6/c1-3-14-32-20-10-8-19(9-11-20)23(28)21-22(18-6-4-17(2)5-7-18)26(25(30)24(21)29)12-15-31-16-13-27/h3-11,22,27-28H,1,12-16H2,2H3/b23-21+. The molecule has 7 nitrogen and oxygen atoms in total. The molecule has 2 aromatic rings. The van der Waals surface area contributed by atoms with Crippen molar-refractivity contribution in [2.75, 3.05) is 33.0 Å². The molecule has 1 atom stereocenters. The molecular formula is C25H27NO6. The molecule has 0 bridgehead atoms. The van der Waals surface area contributed by atoms with E-state index in [4.69, 9.17) is 14.6 Å². The number of nitrogens with zero attached hydrogens (tertiary/aromatic N) is 1. The van der Waals surface area contributed by atoms with Crippen LogP contribution in [0.2, 0.25) is 0 Å². The molecule has 1 unspecified atom stereocenters. The summed E-state index contributed by atoms with van der Waals surface area (Å²) in [5, 5.41) is 20.0. The number of aliphatic hydroxyl groups is 2. The number of carbonyl (C=O) groups excluding carboxylic acids is 2. The first-order valence-electron chi connectivity index (χ1n) is 10.4. The van der Waals surface area contributed by atoms with Crippen LogP contribution >= 0.6 is 0 Å². The first-order valence-corrected chi connectivity index (χ1v) is 10.4. The molecule has 1 aliphatic rings. The predicted molar refractivity (Wildman–Crippen MR) is 120 cm³/mol. The largest absolute Gasteiger partial charge is 0.507 e. The predicted octanol–water partition coefficient (Wildman–Crippen LogP) is 2.99. The van der Waals surface area contributed by atoms with Crippen molar-refractivity contribution in [2.24, 2.45) is 0 Å². The van der Waals surface area contributed by atoms with Gasteiger partial charge in [0.15, 0.2) is 0 Å². The minimum absolute atomic E-state index is 0.0285. The van der Waals surface area contributed by atoms with Gasteiger partial charge in [0.1, 0.15) is 18.1 Å². The summed E-state index contributed by atoms with van der Waals surface area (Å²) in [6.07, 6.45) is 1.63. The molecule has 0 aromatic heterocycles. The first kappa shape index (κ1) is 23.2. The van der Waals surface area contributed by atoms with Crippen molar-refractivity contribution in [3.05, 3.63) is 83.4 Å². The molecule has 0 spiro atoms. The van der Waals surface area contributed by atoms with Crippen LogP contribution in [0.4, 0.5) is 0 Å². The number of rotatable bonds is 10. The molecule has 0 aliphatic carbocycles. The second-order valence-corrected chi connectivity index (χ2v) is 7.36. The van der Waals surface area contributed by atoms with Gasteiger partial charge in [0.25, 0.3) is 11.7 Å². The average Bonchev–Trinajstić information content (AvgIpc) is 3.06. The van der Waals surface area contributed by atoms with Crippen molar-refractivity contribution < 1.29 is 29.3 Å². The summed E-state index contributed by atoms with van der Waals surface area (Å²) in [6, 6.07) is 13.4. The molecule has 0 radical (unpaired) electrons. The van der Waals surface area contributed by atoms with Gasteiger partial charge in [-0.25, -0.2) is 0 Å². The number of hydrogen-bond donors (Lipinski definition) is 2. The molecule has 168 valence electrons. The van der Waals surface area contributed by atoms with E-state index < -0.39 is 17.7 Å². The molecule has 1 saturated heterocycles. The Labute approximate surface area is 187 Å². The summed E-state index contributed by atoms with van der Waals surface area (Å²) in [4.78, 5) is 27.2. The number of hydrogen-bond acceptors (Lipinski definition) is 6. The Hall–Kier alpha value is -3.42. The number of amides is 1. The molecule has 7 heteroatoms. The molecule has 2 N–H and O–H groups in total. The zero-order valence-electron chi connectivity index (χ0n) is 18.0. The SMILES string of the molecule is C=CCOc1ccc(/C(O)=C2\C(=O)C(=O)N(CCOCCO)C2c2ccc(C)cc2)cc1. The second kappa shape index (κ2) is 10.7. The molecule has 1 amide bonds. The van der Waals surface area contributed by atoms with Crippen LogP contribution in [0.3, 0.4) is 0 Å². The monoisotopic (exact) mass is 437 g/mol. The zero-order chi connectivity index (χ0) is 23.1. The van der Waals surface area contributed by atoms with Crippen LogP contribution in [0.5, 0.6) is 5.75 Å². The van der Waals surface area contributed by atoms with Gasteiger partial charge >= 0.3 is 0 Å². The van der Waals surface area contributed by atoms with Gasteiger partial charge in [-0.2, -0.15) is 0 Å². The Balaban J connectivity index is 2.00. The average molecular weight is 437 g/mol. The summed E-state index contributed by atoms with van der Waals surface area (Å²) in [5.74, 6) is -1.10. The van der Waals surface area contributed by atoms with E-state index in [9.17, 15) is 14.7 Å². The highest BCUT2D eigenvalue weighted by atomic mass is 16.5. The van der Waals surface area contributed by atoms with E-state index in [1.165, 1.54) is 4.90 Å². The maximum atomic E-state index is 13.0. The summed E-state index contributed by atoms with van der Waals surface area (Å²) in [5.41, 5.74) is 2.18. The van der Waals surface area contributed by atoms with E-state index in [-0.39, 0.29) is 37.7 Å². The van der Waals surface area contributed by atoms with Gasteiger partial charge in [0, 0.05) is 12.1 Å². The Morgan fingerprint density at radius 3 is 2.41 bits per heavy atom. The lowest BCUT2D eigenvalue weighted by Gasteiger charge is -2.25. The maximum absolute atomic E-state index is 13.0. The van der Waals surface area contributed by atoms with Gasteiger partial charge in [0.05, 0.1) is 31.4 Å². The van der Waals surface area contributed by atoms with Crippen molar-refractivity contribution in [2.45, 2.75) is 13.0 Å². The number of likely N-dealkylation sites (tertiary alicyclic amines) is 1. The third kappa shape index (κ3) is 5.07. The van der Waals surface area contributed by atoms with E-state index in [0.29, 0.717) is 23.5 Å². The molecule has 1 heterocycles. The maximum Gasteiger partial charge on any atom is 0.295 e. The number of carbonyl (C=O) groups is 2. The molecule has 3 rings (SSSR count). The summed E-state index contributed by atoms with van der Waals surface area (Å²) < 4.78 is 10.8. The van der Waals surface area contributed by atoms with Crippen LogP contribution in [-0.4, -0.2) is 59.8 Å². The zero-order valence-corrected chi connectivity index (χ0v) is 18.0. The minimum Gasteiger partial charge on any atom is -0.507 e. The Kier molecular flexibility index (Phi) is 7.81. The number of ether oxygens (including phenoxy) is 2. The molecule has 0 saturated carbocycles. The normalized spacial score (nSPS) is 17.6. The van der Waals surface area contributed by atoms with Gasteiger partial charge in [-0.15, -0.1) is 0 Å². The van der Waals surface area contributed by atoms with Crippen LogP contribution < -0.4 is 4.74 Å². The highest BCUT2D eigenvalue weighted by Crippen LogP contribution is 2.39. The van der Waals surface area contributed by atoms with Crippen molar-refractivity contribution in [1.29, 1.82) is 0 Å². The third-order valence-electron chi connectivity index (χ3n) is 5.14. The summed E-state index contributed by atoms with van der Waals surface area (Å²) in [6.45, 7) is 6.21. The number of Topliss-reactive ketones (excluding diaryl/α,β-unsaturated/α-hetero) is 1. The summed E-state index contributed by atoms with van der Waals surface area (Å²) in [7, 11) is 0. The molecule has 1 aliphatic heterocycles. The Morgan fingerprint density at radius 1 is 1.09 bits per heavy atom. The van der Waals surface area contributed by atoms with Crippen LogP contribution in [0.15, 0.2) is 66.8 Å². The van der Waals surface area contributed by atoms with Gasteiger partial charge in [-0.05, 0) is 36.8 Å². The van der Waals surface area contributed by atoms with E-state index in [2.05, 4.69) is 6.58 Å². The van der Waals surface area contributed by atoms with Crippen molar-refractivity contribution in [3.63, 3.8) is 0 Å². The first-order chi connectivity index (χ1) is 15.5. The second-order valence-electron chi connectivity index (χ2n) is 7.36. The molecule has 32 heavy (non-hydrogen) atoms. The van der Waals surface area contributed by atoms with Gasteiger partial charge in [-0.1, -0.05) is 42.5 Å². The number of ketones is 1. The third-order valence-corrected chi connectivity index (χ3v) is 5.14. The summed E-state index contributed by atoms with van der Waals surface area (Å²) >= 11 is 0. The van der Waals surface area contributed by atoms with E-state index in [0.717, 1.165) is 5.56 Å². The van der Waals surface area contributed by atoms with Crippen LogP contribution in [0, 0.1) is 6.92 Å². The van der Waals surface area contributed by atoms with Crippen molar-refractivity contribution in [1.82, 2.24) is 4.90 Å². The smallest absolute Gasteiger partial charge is 0.295 e. The number of aliphatic hydroxyl groups excluding tert-OH is 2. The molecular weight excluding hydrogens is 410 g/mol. The number of benzene rings is 2. The van der Waals surface area contributed by atoms with Crippen molar-refractivity contribution >= 4 is 17.4 Å². The lowest BCUT2D eigenvalue weighted by Crippen LogP contribution is -2.33. The fourth-order valence-electron chi connectivity index (χ4n) is 3.56. The van der Waals surface area contributed by atoms with Crippen LogP contribution in [-0.2, 0) is 14.3 Å². The van der Waals surface area contributed by atoms with Gasteiger partial charge in [0.2, 0.25) is 0 Å². The fourth-order valence-corrected chi connectivity index (χ4v) is 3.56. The lowest BCUT2D eigenvalue weighted by atomic mass is 9.94. The van der Waals surface area contributed by atoms with E-state index in [1.807, 2.05) is 31.2 Å². The van der Waals surface area contributed by atoms with E-state index >= 15 is 0 Å². The van der Waals surface area contributed by atoms with Crippen LogP contribution in [0.1, 0.15) is 22.7 Å². The van der Waals surface area contributed by atoms with Gasteiger partial charge < -0.3 is 24.6 Å². The Bertz CT molecular complexity index is 994. The number of aryl methyl sites for hydroxylation is 1. The Morgan fingerprint density at radius 2 is 1.78 bits per heavy atom. The topological polar surface area (TPSA) is 96.3 Å².